The smallest absolute Gasteiger partial charge is 0.241 e. The van der Waals surface area contributed by atoms with Gasteiger partial charge in [0, 0.05) is 24.2 Å². The van der Waals surface area contributed by atoms with E-state index in [2.05, 4.69) is 15.1 Å². The summed E-state index contributed by atoms with van der Waals surface area (Å²) in [5, 5.41) is 3.55. The van der Waals surface area contributed by atoms with Gasteiger partial charge in [0.2, 0.25) is 5.91 Å². The summed E-state index contributed by atoms with van der Waals surface area (Å²) in [5.74, 6) is 0.612. The van der Waals surface area contributed by atoms with Gasteiger partial charge in [0.15, 0.2) is 0 Å². The van der Waals surface area contributed by atoms with Crippen LogP contribution in [0.3, 0.4) is 0 Å². The highest BCUT2D eigenvalue weighted by atomic mass is 35.5. The molecular weight excluding hydrogens is 350 g/mol. The van der Waals surface area contributed by atoms with Gasteiger partial charge in [-0.05, 0) is 63.9 Å². The number of rotatable bonds is 5. The fraction of sp³-hybridized carbons (Fsp3) is 0.650. The van der Waals surface area contributed by atoms with E-state index in [0.29, 0.717) is 22.5 Å². The molecule has 1 aromatic carbocycles. The van der Waals surface area contributed by atoms with Crippen molar-refractivity contribution in [2.75, 3.05) is 38.6 Å². The Bertz CT molecular complexity index is 611. The maximum Gasteiger partial charge on any atom is 0.241 e. The van der Waals surface area contributed by atoms with Gasteiger partial charge >= 0.3 is 0 Å². The largest absolute Gasteiger partial charge is 0.495 e. The Morgan fingerprint density at radius 1 is 1.19 bits per heavy atom. The minimum absolute atomic E-state index is 0.0120. The summed E-state index contributed by atoms with van der Waals surface area (Å²) in [6.07, 6.45) is 6.34. The zero-order valence-electron chi connectivity index (χ0n) is 15.8. The highest BCUT2D eigenvalue weighted by Crippen LogP contribution is 2.28. The lowest BCUT2D eigenvalue weighted by molar-refractivity contribution is -0.121. The first-order valence-electron chi connectivity index (χ1n) is 9.71. The molecule has 26 heavy (non-hydrogen) atoms. The molecule has 2 fully saturated rings. The Hall–Kier alpha value is -1.30. The van der Waals surface area contributed by atoms with Gasteiger partial charge in [-0.15, -0.1) is 0 Å². The van der Waals surface area contributed by atoms with Gasteiger partial charge in [0.05, 0.1) is 18.8 Å². The zero-order valence-corrected chi connectivity index (χ0v) is 16.6. The van der Waals surface area contributed by atoms with Crippen molar-refractivity contribution in [3.63, 3.8) is 0 Å². The van der Waals surface area contributed by atoms with Gasteiger partial charge < -0.3 is 15.0 Å². The predicted molar refractivity (Wildman–Crippen MR) is 106 cm³/mol. The summed E-state index contributed by atoms with van der Waals surface area (Å²) in [6.45, 7) is 6.42. The molecule has 0 radical (unpaired) electrons. The summed E-state index contributed by atoms with van der Waals surface area (Å²) >= 11 is 6.05. The van der Waals surface area contributed by atoms with Gasteiger partial charge in [0.1, 0.15) is 5.75 Å². The molecule has 0 aromatic heterocycles. The van der Waals surface area contributed by atoms with Crippen molar-refractivity contribution < 1.29 is 9.53 Å². The monoisotopic (exact) mass is 379 g/mol. The van der Waals surface area contributed by atoms with Crippen LogP contribution in [0.1, 0.15) is 39.0 Å². The first-order valence-corrected chi connectivity index (χ1v) is 10.1. The molecule has 6 heteroatoms. The van der Waals surface area contributed by atoms with Crippen LogP contribution in [0.2, 0.25) is 5.02 Å². The second kappa shape index (κ2) is 9.07. The van der Waals surface area contributed by atoms with E-state index < -0.39 is 0 Å². The van der Waals surface area contributed by atoms with Gasteiger partial charge in [-0.2, -0.15) is 0 Å². The van der Waals surface area contributed by atoms with Crippen LogP contribution in [-0.2, 0) is 4.79 Å². The van der Waals surface area contributed by atoms with Crippen LogP contribution in [0, 0.1) is 0 Å². The number of hydrogen-bond donors (Lipinski definition) is 1. The molecule has 1 aromatic rings. The maximum atomic E-state index is 12.7. The van der Waals surface area contributed by atoms with Crippen molar-refractivity contribution in [2.45, 2.75) is 51.1 Å². The summed E-state index contributed by atoms with van der Waals surface area (Å²) in [4.78, 5) is 17.7. The number of methoxy groups -OCH3 is 1. The zero-order chi connectivity index (χ0) is 18.5. The van der Waals surface area contributed by atoms with Crippen LogP contribution in [0.15, 0.2) is 18.2 Å². The van der Waals surface area contributed by atoms with Crippen LogP contribution >= 0.6 is 11.6 Å². The Balaban J connectivity index is 1.54. The van der Waals surface area contributed by atoms with Crippen LogP contribution in [0.5, 0.6) is 5.75 Å². The van der Waals surface area contributed by atoms with E-state index in [1.807, 2.05) is 6.92 Å². The molecule has 1 atom stereocenters. The molecule has 2 saturated heterocycles. The Morgan fingerprint density at radius 2 is 1.88 bits per heavy atom. The Morgan fingerprint density at radius 3 is 2.54 bits per heavy atom. The molecule has 1 N–H and O–H groups in total. The molecule has 2 aliphatic rings. The third-order valence-electron chi connectivity index (χ3n) is 5.75. The first kappa shape index (κ1) is 19.5. The number of ether oxygens (including phenoxy) is 1. The topological polar surface area (TPSA) is 44.8 Å². The molecule has 2 heterocycles. The fourth-order valence-electron chi connectivity index (χ4n) is 4.10. The van der Waals surface area contributed by atoms with E-state index >= 15 is 0 Å². The van der Waals surface area contributed by atoms with Crippen LogP contribution < -0.4 is 10.1 Å². The van der Waals surface area contributed by atoms with Crippen LogP contribution in [-0.4, -0.2) is 61.1 Å². The average Bonchev–Trinajstić information content (AvgIpc) is 2.68. The van der Waals surface area contributed by atoms with E-state index in [0.717, 1.165) is 25.9 Å². The van der Waals surface area contributed by atoms with Gasteiger partial charge in [-0.3, -0.25) is 9.69 Å². The fourth-order valence-corrected chi connectivity index (χ4v) is 4.27. The number of nitrogens with one attached hydrogen (secondary N) is 1. The number of anilines is 1. The number of benzene rings is 1. The molecule has 0 bridgehead atoms. The molecule has 5 nitrogen and oxygen atoms in total. The molecule has 2 aliphatic heterocycles. The Kier molecular flexibility index (Phi) is 6.79. The standard InChI is InChI=1S/C20H30ClN3O2/c1-15(20(25)22-18-14-16(21)6-7-19(18)26-2)23-12-8-17(9-13-23)24-10-4-3-5-11-24/h6-7,14-15,17H,3-5,8-13H2,1-2H3,(H,22,25)/t15-/m0/s1. The molecule has 0 aliphatic carbocycles. The molecule has 1 amide bonds. The van der Waals surface area contributed by atoms with E-state index in [4.69, 9.17) is 16.3 Å². The molecular formula is C20H30ClN3O2. The van der Waals surface area contributed by atoms with E-state index in [1.165, 1.54) is 32.4 Å². The SMILES string of the molecule is COc1ccc(Cl)cc1NC(=O)[C@H](C)N1CCC(N2CCCCC2)CC1. The number of amides is 1. The van der Waals surface area contributed by atoms with Crippen molar-refractivity contribution in [1.82, 2.24) is 9.80 Å². The van der Waals surface area contributed by atoms with Crippen molar-refractivity contribution in [1.29, 1.82) is 0 Å². The number of carbonyl (C=O) groups excluding carboxylic acids is 1. The lowest BCUT2D eigenvalue weighted by Crippen LogP contribution is -2.51. The average molecular weight is 380 g/mol. The lowest BCUT2D eigenvalue weighted by Gasteiger charge is -2.41. The maximum absolute atomic E-state index is 12.7. The minimum Gasteiger partial charge on any atom is -0.495 e. The normalized spacial score (nSPS) is 21.3. The molecule has 3 rings (SSSR count). The van der Waals surface area contributed by atoms with Crippen LogP contribution in [0.4, 0.5) is 5.69 Å². The number of likely N-dealkylation sites (tertiary alicyclic amines) is 2. The van der Waals surface area contributed by atoms with Crippen LogP contribution in [0.25, 0.3) is 0 Å². The molecule has 0 saturated carbocycles. The van der Waals surface area contributed by atoms with E-state index in [-0.39, 0.29) is 11.9 Å². The van der Waals surface area contributed by atoms with Crippen molar-refractivity contribution in [2.24, 2.45) is 0 Å². The summed E-state index contributed by atoms with van der Waals surface area (Å²) in [7, 11) is 1.59. The highest BCUT2D eigenvalue weighted by Gasteiger charge is 2.30. The van der Waals surface area contributed by atoms with E-state index in [9.17, 15) is 4.79 Å². The third-order valence-corrected chi connectivity index (χ3v) is 5.99. The van der Waals surface area contributed by atoms with Gasteiger partial charge in [-0.25, -0.2) is 0 Å². The predicted octanol–water partition coefficient (Wildman–Crippen LogP) is 3.63. The quantitative estimate of drug-likeness (QED) is 0.848. The minimum atomic E-state index is -0.166. The van der Waals surface area contributed by atoms with Crippen molar-refractivity contribution >= 4 is 23.2 Å². The van der Waals surface area contributed by atoms with E-state index in [1.54, 1.807) is 25.3 Å². The summed E-state index contributed by atoms with van der Waals surface area (Å²) < 4.78 is 5.32. The number of hydrogen-bond acceptors (Lipinski definition) is 4. The summed E-state index contributed by atoms with van der Waals surface area (Å²) in [5.41, 5.74) is 0.625. The van der Waals surface area contributed by atoms with Gasteiger partial charge in [-0.1, -0.05) is 18.0 Å². The second-order valence-corrected chi connectivity index (χ2v) is 7.81. The summed E-state index contributed by atoms with van der Waals surface area (Å²) in [6, 6.07) is 5.78. The highest BCUT2D eigenvalue weighted by molar-refractivity contribution is 6.31. The van der Waals surface area contributed by atoms with Gasteiger partial charge in [0.25, 0.3) is 0 Å². The second-order valence-electron chi connectivity index (χ2n) is 7.37. The molecule has 144 valence electrons. The number of piperidine rings is 2. The molecule has 0 unspecified atom stereocenters. The first-order chi connectivity index (χ1) is 12.6. The Labute approximate surface area is 161 Å². The lowest BCUT2D eigenvalue weighted by atomic mass is 9.99. The number of halogens is 1. The van der Waals surface area contributed by atoms with Crippen molar-refractivity contribution in [3.8, 4) is 5.75 Å². The number of carbonyl (C=O) groups is 1. The number of nitrogens with zero attached hydrogens (tertiary/aromatic N) is 2. The van der Waals surface area contributed by atoms with Crippen molar-refractivity contribution in [3.05, 3.63) is 23.2 Å². The molecule has 0 spiro atoms. The third kappa shape index (κ3) is 4.70.